The van der Waals surface area contributed by atoms with E-state index >= 15 is 0 Å². The molecule has 0 amide bonds. The van der Waals surface area contributed by atoms with Gasteiger partial charge in [-0.2, -0.15) is 5.26 Å². The lowest BCUT2D eigenvalue weighted by Crippen LogP contribution is -2.23. The average molecular weight is 261 g/mol. The fraction of sp³-hybridized carbons (Fsp3) is 0.167. The third kappa shape index (κ3) is 2.41. The summed E-state index contributed by atoms with van der Waals surface area (Å²) in [5, 5.41) is 8.38. The highest BCUT2D eigenvalue weighted by atomic mass is 32.2. The second-order valence-corrected chi connectivity index (χ2v) is 5.83. The molecule has 92 valence electrons. The predicted molar refractivity (Wildman–Crippen MR) is 69.4 cm³/mol. The Morgan fingerprint density at radius 1 is 1.39 bits per heavy atom. The van der Waals surface area contributed by atoms with Gasteiger partial charge in [-0.3, -0.25) is 9.71 Å². The molecule has 1 aromatic heterocycles. The number of nitrogens with zero attached hydrogens (tertiary/aromatic N) is 2. The normalized spacial score (nSPS) is 12.9. The Morgan fingerprint density at radius 2 is 2.17 bits per heavy atom. The van der Waals surface area contributed by atoms with E-state index in [4.69, 9.17) is 5.26 Å². The third-order valence-corrected chi connectivity index (χ3v) is 4.07. The van der Waals surface area contributed by atoms with E-state index in [0.29, 0.717) is 5.69 Å². The maximum atomic E-state index is 11.7. The van der Waals surface area contributed by atoms with Crippen LogP contribution < -0.4 is 4.72 Å². The highest BCUT2D eigenvalue weighted by Gasteiger charge is 2.19. The molecule has 0 aliphatic rings. The number of sulfonamides is 1. The van der Waals surface area contributed by atoms with Crippen LogP contribution in [0.5, 0.6) is 0 Å². The van der Waals surface area contributed by atoms with Gasteiger partial charge in [0.25, 0.3) is 0 Å². The van der Waals surface area contributed by atoms with Crippen molar-refractivity contribution in [2.24, 2.45) is 0 Å². The maximum Gasteiger partial charge on any atom is 0.248 e. The summed E-state index contributed by atoms with van der Waals surface area (Å²) < 4.78 is 25.8. The van der Waals surface area contributed by atoms with Gasteiger partial charge in [-0.1, -0.05) is 6.07 Å². The molecule has 1 atom stereocenters. The number of hydrogen-bond donors (Lipinski definition) is 1. The molecule has 0 saturated heterocycles. The first kappa shape index (κ1) is 12.3. The molecule has 0 saturated carbocycles. The van der Waals surface area contributed by atoms with Gasteiger partial charge in [-0.25, -0.2) is 8.42 Å². The van der Waals surface area contributed by atoms with Crippen LogP contribution in [0.15, 0.2) is 36.5 Å². The molecule has 0 fully saturated rings. The Bertz CT molecular complexity index is 719. The number of rotatable bonds is 3. The SMILES string of the molecule is CC(C#N)S(=O)(=O)Nc1ccc2ncccc2c1. The first-order valence-electron chi connectivity index (χ1n) is 5.29. The summed E-state index contributed by atoms with van der Waals surface area (Å²) in [6.07, 6.45) is 1.67. The smallest absolute Gasteiger partial charge is 0.248 e. The molecule has 0 bridgehead atoms. The maximum absolute atomic E-state index is 11.7. The molecule has 0 aliphatic carbocycles. The second-order valence-electron chi connectivity index (χ2n) is 3.83. The Labute approximate surface area is 105 Å². The Balaban J connectivity index is 2.36. The lowest BCUT2D eigenvalue weighted by atomic mass is 10.2. The zero-order valence-electron chi connectivity index (χ0n) is 9.66. The van der Waals surface area contributed by atoms with Crippen LogP contribution in [0.4, 0.5) is 5.69 Å². The van der Waals surface area contributed by atoms with Crippen molar-refractivity contribution in [2.75, 3.05) is 4.72 Å². The van der Waals surface area contributed by atoms with Crippen molar-refractivity contribution in [3.05, 3.63) is 36.5 Å². The third-order valence-electron chi connectivity index (χ3n) is 2.51. The standard InChI is InChI=1S/C12H11N3O2S/c1-9(8-13)18(16,17)15-11-4-5-12-10(7-11)3-2-6-14-12/h2-7,9,15H,1H3. The van der Waals surface area contributed by atoms with E-state index < -0.39 is 15.3 Å². The molecule has 1 unspecified atom stereocenters. The molecule has 18 heavy (non-hydrogen) atoms. The summed E-state index contributed by atoms with van der Waals surface area (Å²) in [6.45, 7) is 1.34. The molecule has 0 aliphatic heterocycles. The number of pyridine rings is 1. The summed E-state index contributed by atoms with van der Waals surface area (Å²) in [5.41, 5.74) is 1.21. The van der Waals surface area contributed by atoms with Crippen LogP contribution in [0.2, 0.25) is 0 Å². The zero-order valence-corrected chi connectivity index (χ0v) is 10.5. The molecule has 0 radical (unpaired) electrons. The van der Waals surface area contributed by atoms with E-state index in [1.807, 2.05) is 6.07 Å². The fourth-order valence-electron chi connectivity index (χ4n) is 1.46. The molecule has 1 aromatic carbocycles. The van der Waals surface area contributed by atoms with Crippen LogP contribution in [0.1, 0.15) is 6.92 Å². The van der Waals surface area contributed by atoms with Crippen LogP contribution in [-0.2, 0) is 10.0 Å². The number of benzene rings is 1. The van der Waals surface area contributed by atoms with E-state index in [0.717, 1.165) is 10.9 Å². The highest BCUT2D eigenvalue weighted by molar-refractivity contribution is 7.93. The summed E-state index contributed by atoms with van der Waals surface area (Å²) in [5.74, 6) is 0. The van der Waals surface area contributed by atoms with Gasteiger partial charge in [0.05, 0.1) is 11.6 Å². The summed E-state index contributed by atoms with van der Waals surface area (Å²) in [4.78, 5) is 4.14. The monoisotopic (exact) mass is 261 g/mol. The van der Waals surface area contributed by atoms with Crippen molar-refractivity contribution in [3.63, 3.8) is 0 Å². The molecular weight excluding hydrogens is 250 g/mol. The van der Waals surface area contributed by atoms with Crippen LogP contribution in [-0.4, -0.2) is 18.7 Å². The van der Waals surface area contributed by atoms with Gasteiger partial charge >= 0.3 is 0 Å². The Morgan fingerprint density at radius 3 is 2.89 bits per heavy atom. The minimum Gasteiger partial charge on any atom is -0.282 e. The molecule has 1 N–H and O–H groups in total. The minimum absolute atomic E-state index is 0.428. The lowest BCUT2D eigenvalue weighted by Gasteiger charge is -2.09. The van der Waals surface area contributed by atoms with Gasteiger partial charge in [-0.05, 0) is 31.2 Å². The molecule has 2 aromatic rings. The summed E-state index contributed by atoms with van der Waals surface area (Å²) >= 11 is 0. The van der Waals surface area contributed by atoms with Crippen molar-refractivity contribution >= 4 is 26.6 Å². The van der Waals surface area contributed by atoms with Crippen LogP contribution in [0.25, 0.3) is 10.9 Å². The van der Waals surface area contributed by atoms with Gasteiger partial charge in [0, 0.05) is 17.3 Å². The van der Waals surface area contributed by atoms with Crippen molar-refractivity contribution in [3.8, 4) is 6.07 Å². The van der Waals surface area contributed by atoms with E-state index in [1.54, 1.807) is 36.5 Å². The molecular formula is C12H11N3O2S. The van der Waals surface area contributed by atoms with E-state index in [1.165, 1.54) is 6.92 Å². The van der Waals surface area contributed by atoms with Crippen molar-refractivity contribution < 1.29 is 8.42 Å². The number of fused-ring (bicyclic) bond motifs is 1. The lowest BCUT2D eigenvalue weighted by molar-refractivity contribution is 0.597. The number of nitriles is 1. The van der Waals surface area contributed by atoms with Crippen molar-refractivity contribution in [1.82, 2.24) is 4.98 Å². The van der Waals surface area contributed by atoms with Gasteiger partial charge < -0.3 is 0 Å². The predicted octanol–water partition coefficient (Wildman–Crippen LogP) is 1.89. The first-order chi connectivity index (χ1) is 8.53. The highest BCUT2D eigenvalue weighted by Crippen LogP contribution is 2.18. The average Bonchev–Trinajstić information content (AvgIpc) is 2.37. The molecule has 1 heterocycles. The van der Waals surface area contributed by atoms with Crippen LogP contribution in [0.3, 0.4) is 0 Å². The van der Waals surface area contributed by atoms with Crippen molar-refractivity contribution in [1.29, 1.82) is 5.26 Å². The summed E-state index contributed by atoms with van der Waals surface area (Å²) in [6, 6.07) is 10.4. The number of aromatic nitrogens is 1. The molecule has 0 spiro atoms. The first-order valence-corrected chi connectivity index (χ1v) is 6.83. The number of nitrogens with one attached hydrogen (secondary N) is 1. The Kier molecular flexibility index (Phi) is 3.17. The molecule has 5 nitrogen and oxygen atoms in total. The van der Waals surface area contributed by atoms with Crippen molar-refractivity contribution in [2.45, 2.75) is 12.2 Å². The van der Waals surface area contributed by atoms with Crippen LogP contribution >= 0.6 is 0 Å². The van der Waals surface area contributed by atoms with Gasteiger partial charge in [0.1, 0.15) is 0 Å². The van der Waals surface area contributed by atoms with Crippen LogP contribution in [0, 0.1) is 11.3 Å². The molecule has 6 heteroatoms. The van der Waals surface area contributed by atoms with Gasteiger partial charge in [0.15, 0.2) is 5.25 Å². The Hall–Kier alpha value is -2.13. The second kappa shape index (κ2) is 4.63. The number of anilines is 1. The zero-order chi connectivity index (χ0) is 13.2. The fourth-order valence-corrected chi connectivity index (χ4v) is 2.23. The number of hydrogen-bond acceptors (Lipinski definition) is 4. The quantitative estimate of drug-likeness (QED) is 0.914. The van der Waals surface area contributed by atoms with Gasteiger partial charge in [0.2, 0.25) is 10.0 Å². The van der Waals surface area contributed by atoms with E-state index in [2.05, 4.69) is 9.71 Å². The summed E-state index contributed by atoms with van der Waals surface area (Å²) in [7, 11) is -3.66. The minimum atomic E-state index is -3.66. The molecule has 2 rings (SSSR count). The van der Waals surface area contributed by atoms with E-state index in [9.17, 15) is 8.42 Å². The topological polar surface area (TPSA) is 82.8 Å². The van der Waals surface area contributed by atoms with Gasteiger partial charge in [-0.15, -0.1) is 0 Å². The largest absolute Gasteiger partial charge is 0.282 e. The van der Waals surface area contributed by atoms with E-state index in [-0.39, 0.29) is 0 Å².